The molecular weight excluding hydrogens is 885 g/mol. The molecule has 1 heterocycles. The lowest BCUT2D eigenvalue weighted by molar-refractivity contribution is -0.134. The normalized spacial score (nSPS) is 13.2. The maximum absolute atomic E-state index is 14.0. The number of rotatable bonds is 56. The quantitative estimate of drug-likeness (QED) is 0.0447. The third-order valence-electron chi connectivity index (χ3n) is 16.0. The van der Waals surface area contributed by atoms with Gasteiger partial charge in [-0.3, -0.25) is 14.5 Å². The SMILES string of the molecule is CCCCCCCCCCCCCCN(CCCCCC)CCC1CCN(C(=O)CN(CCCCCCCCC)CCN(CCCCCCCC)CCCCCCCCC)CC1.CCCCCCCOC=O. The van der Waals surface area contributed by atoms with Crippen molar-refractivity contribution in [3.05, 3.63) is 0 Å². The van der Waals surface area contributed by atoms with Crippen LogP contribution < -0.4 is 0 Å². The van der Waals surface area contributed by atoms with Gasteiger partial charge in [-0.15, -0.1) is 0 Å². The summed E-state index contributed by atoms with van der Waals surface area (Å²) in [5.74, 6) is 1.19. The molecular formula is C65H132N4O3. The van der Waals surface area contributed by atoms with Crippen LogP contribution >= 0.6 is 0 Å². The molecule has 0 aromatic heterocycles. The molecule has 0 aliphatic carbocycles. The van der Waals surface area contributed by atoms with Crippen LogP contribution in [0, 0.1) is 5.92 Å². The average Bonchev–Trinajstić information content (AvgIpc) is 3.39. The van der Waals surface area contributed by atoms with E-state index in [9.17, 15) is 9.59 Å². The highest BCUT2D eigenvalue weighted by Crippen LogP contribution is 2.22. The minimum atomic E-state index is 0.408. The summed E-state index contributed by atoms with van der Waals surface area (Å²) in [7, 11) is 0. The van der Waals surface area contributed by atoms with Crippen molar-refractivity contribution in [2.45, 2.75) is 324 Å². The lowest BCUT2D eigenvalue weighted by atomic mass is 9.93. The zero-order chi connectivity index (χ0) is 52.5. The number of amides is 1. The van der Waals surface area contributed by atoms with Crippen molar-refractivity contribution in [2.75, 3.05) is 78.6 Å². The van der Waals surface area contributed by atoms with Gasteiger partial charge in [0, 0.05) is 26.2 Å². The predicted octanol–water partition coefficient (Wildman–Crippen LogP) is 18.8. The third kappa shape index (κ3) is 49.7. The van der Waals surface area contributed by atoms with Gasteiger partial charge in [-0.25, -0.2) is 0 Å². The summed E-state index contributed by atoms with van der Waals surface area (Å²) in [6, 6.07) is 0. The number of hydrogen-bond donors (Lipinski definition) is 0. The molecule has 430 valence electrons. The molecule has 1 rings (SSSR count). The highest BCUT2D eigenvalue weighted by Gasteiger charge is 2.25. The Morgan fingerprint density at radius 3 is 1.00 bits per heavy atom. The van der Waals surface area contributed by atoms with Gasteiger partial charge in [0.25, 0.3) is 6.47 Å². The lowest BCUT2D eigenvalue weighted by Crippen LogP contribution is -2.46. The van der Waals surface area contributed by atoms with Gasteiger partial charge in [0.15, 0.2) is 0 Å². The first-order valence-corrected chi connectivity index (χ1v) is 33.0. The Kier molecular flexibility index (Phi) is 58.1. The summed E-state index contributed by atoms with van der Waals surface area (Å²) in [6.45, 7) is 27.1. The molecule has 72 heavy (non-hydrogen) atoms. The Hall–Kier alpha value is -1.18. The molecule has 0 saturated carbocycles. The fourth-order valence-electron chi connectivity index (χ4n) is 10.8. The molecule has 0 aromatic carbocycles. The number of ether oxygens (including phenoxy) is 1. The summed E-state index contributed by atoms with van der Waals surface area (Å²) in [6.07, 6.45) is 59.6. The van der Waals surface area contributed by atoms with Crippen LogP contribution in [-0.2, 0) is 14.3 Å². The Morgan fingerprint density at radius 1 is 0.375 bits per heavy atom. The number of likely N-dealkylation sites (tertiary alicyclic amines) is 1. The molecule has 0 radical (unpaired) electrons. The van der Waals surface area contributed by atoms with E-state index >= 15 is 0 Å². The molecule has 1 amide bonds. The highest BCUT2D eigenvalue weighted by molar-refractivity contribution is 5.78. The number of hydrogen-bond acceptors (Lipinski definition) is 6. The first-order valence-electron chi connectivity index (χ1n) is 33.0. The molecule has 7 nitrogen and oxygen atoms in total. The zero-order valence-corrected chi connectivity index (χ0v) is 50.3. The molecule has 0 spiro atoms. The van der Waals surface area contributed by atoms with Gasteiger partial charge in [-0.1, -0.05) is 266 Å². The van der Waals surface area contributed by atoms with Crippen molar-refractivity contribution in [1.82, 2.24) is 19.6 Å². The third-order valence-corrected chi connectivity index (χ3v) is 16.0. The predicted molar refractivity (Wildman–Crippen MR) is 319 cm³/mol. The van der Waals surface area contributed by atoms with Crippen LogP contribution in [0.4, 0.5) is 0 Å². The Bertz CT molecular complexity index is 1050. The first kappa shape index (κ1) is 70.8. The number of nitrogens with zero attached hydrogens (tertiary/aromatic N) is 4. The monoisotopic (exact) mass is 1020 g/mol. The van der Waals surface area contributed by atoms with E-state index in [4.69, 9.17) is 0 Å². The summed E-state index contributed by atoms with van der Waals surface area (Å²) in [5, 5.41) is 0. The van der Waals surface area contributed by atoms with Crippen molar-refractivity contribution in [3.8, 4) is 0 Å². The topological polar surface area (TPSA) is 56.3 Å². The Balaban J connectivity index is 0.00000451. The van der Waals surface area contributed by atoms with E-state index in [1.54, 1.807) is 0 Å². The van der Waals surface area contributed by atoms with Gasteiger partial charge in [0.1, 0.15) is 0 Å². The minimum absolute atomic E-state index is 0.408. The van der Waals surface area contributed by atoms with Crippen LogP contribution in [0.2, 0.25) is 0 Å². The largest absolute Gasteiger partial charge is 0.468 e. The summed E-state index contributed by atoms with van der Waals surface area (Å²) in [4.78, 5) is 34.1. The van der Waals surface area contributed by atoms with Crippen LogP contribution in [0.25, 0.3) is 0 Å². The Labute approximate surface area is 453 Å². The van der Waals surface area contributed by atoms with E-state index in [0.717, 1.165) is 45.1 Å². The first-order chi connectivity index (χ1) is 35.5. The minimum Gasteiger partial charge on any atom is -0.468 e. The lowest BCUT2D eigenvalue weighted by Gasteiger charge is -2.35. The van der Waals surface area contributed by atoms with Crippen LogP contribution in [-0.4, -0.2) is 111 Å². The molecule has 1 fully saturated rings. The second-order valence-electron chi connectivity index (χ2n) is 22.9. The van der Waals surface area contributed by atoms with E-state index in [1.165, 1.54) is 309 Å². The number of piperidine rings is 1. The second kappa shape index (κ2) is 59.1. The number of unbranched alkanes of at least 4 members (excludes halogenated alkanes) is 35. The molecule has 0 N–H and O–H groups in total. The fourth-order valence-corrected chi connectivity index (χ4v) is 10.8. The summed E-state index contributed by atoms with van der Waals surface area (Å²) < 4.78 is 4.53. The van der Waals surface area contributed by atoms with Crippen molar-refractivity contribution in [1.29, 1.82) is 0 Å². The van der Waals surface area contributed by atoms with Crippen molar-refractivity contribution in [3.63, 3.8) is 0 Å². The van der Waals surface area contributed by atoms with Crippen molar-refractivity contribution >= 4 is 12.4 Å². The van der Waals surface area contributed by atoms with Crippen molar-refractivity contribution < 1.29 is 14.3 Å². The number of carbonyl (C=O) groups is 2. The maximum atomic E-state index is 14.0. The van der Waals surface area contributed by atoms with E-state index in [1.807, 2.05) is 0 Å². The van der Waals surface area contributed by atoms with E-state index in [-0.39, 0.29) is 0 Å². The molecule has 0 unspecified atom stereocenters. The van der Waals surface area contributed by atoms with Crippen LogP contribution in [0.1, 0.15) is 324 Å². The van der Waals surface area contributed by atoms with E-state index < -0.39 is 0 Å². The molecule has 1 aliphatic rings. The second-order valence-corrected chi connectivity index (χ2v) is 22.9. The smallest absolute Gasteiger partial charge is 0.293 e. The van der Waals surface area contributed by atoms with Crippen LogP contribution in [0.15, 0.2) is 0 Å². The Morgan fingerprint density at radius 2 is 0.653 bits per heavy atom. The highest BCUT2D eigenvalue weighted by atomic mass is 16.5. The summed E-state index contributed by atoms with van der Waals surface area (Å²) in [5.41, 5.74) is 0. The van der Waals surface area contributed by atoms with Crippen molar-refractivity contribution in [2.24, 2.45) is 5.92 Å². The van der Waals surface area contributed by atoms with Gasteiger partial charge in [0.05, 0.1) is 13.2 Å². The fraction of sp³-hybridized carbons (Fsp3) is 0.969. The van der Waals surface area contributed by atoms with Gasteiger partial charge in [0.2, 0.25) is 5.91 Å². The van der Waals surface area contributed by atoms with Gasteiger partial charge in [-0.05, 0) is 103 Å². The molecule has 0 atom stereocenters. The maximum Gasteiger partial charge on any atom is 0.293 e. The van der Waals surface area contributed by atoms with E-state index in [0.29, 0.717) is 25.5 Å². The standard InChI is InChI=1S/C57H116N4O.C8H16O2/c1-6-11-16-21-25-26-27-28-29-32-35-38-46-58(45-37-20-15-10-5)50-42-56-43-51-61(52-44-56)57(62)55-60(49-41-36-31-23-18-13-8-3)54-53-59(47-39-33-24-19-14-9-4)48-40-34-30-22-17-12-7-2;1-2-3-4-5-6-7-10-8-9/h56H,6-55H2,1-5H3;8H,2-7H2,1H3. The zero-order valence-electron chi connectivity index (χ0n) is 50.3. The van der Waals surface area contributed by atoms with Gasteiger partial charge < -0.3 is 19.4 Å². The number of carbonyl (C=O) groups excluding carboxylic acids is 2. The molecule has 7 heteroatoms. The van der Waals surface area contributed by atoms with Gasteiger partial charge >= 0.3 is 0 Å². The molecule has 0 aromatic rings. The molecule has 0 bridgehead atoms. The van der Waals surface area contributed by atoms with E-state index in [2.05, 4.69) is 65.9 Å². The van der Waals surface area contributed by atoms with Crippen LogP contribution in [0.3, 0.4) is 0 Å². The van der Waals surface area contributed by atoms with Crippen LogP contribution in [0.5, 0.6) is 0 Å². The average molecular weight is 1020 g/mol. The molecule has 1 aliphatic heterocycles. The molecule has 1 saturated heterocycles. The summed E-state index contributed by atoms with van der Waals surface area (Å²) >= 11 is 0. The van der Waals surface area contributed by atoms with Gasteiger partial charge in [-0.2, -0.15) is 0 Å².